The molecule has 0 aromatic carbocycles. The standard InChI is InChI=1S/C21H30N4O3/c1-12-9-13(2)11-25(10-12)17(26)8-7-16-14(3)18-19(22-15(16)4)23(5)21(28)24(6)20(18)27/h12-13H,7-11H2,1-6H3/t12-,13-/m0/s1. The summed E-state index contributed by atoms with van der Waals surface area (Å²) < 4.78 is 2.51. The van der Waals surface area contributed by atoms with Gasteiger partial charge in [-0.05, 0) is 49.7 Å². The Bertz CT molecular complexity index is 1040. The smallest absolute Gasteiger partial charge is 0.332 e. The first-order valence-corrected chi connectivity index (χ1v) is 9.95. The minimum Gasteiger partial charge on any atom is -0.342 e. The third-order valence-electron chi connectivity index (χ3n) is 5.98. The van der Waals surface area contributed by atoms with Crippen molar-refractivity contribution in [3.8, 4) is 0 Å². The van der Waals surface area contributed by atoms with Crippen LogP contribution >= 0.6 is 0 Å². The van der Waals surface area contributed by atoms with E-state index in [1.54, 1.807) is 7.05 Å². The van der Waals surface area contributed by atoms with E-state index in [0.29, 0.717) is 35.7 Å². The highest BCUT2D eigenvalue weighted by Gasteiger charge is 2.25. The normalized spacial score (nSPS) is 20.0. The van der Waals surface area contributed by atoms with Gasteiger partial charge in [0.2, 0.25) is 5.91 Å². The molecule has 1 amide bonds. The van der Waals surface area contributed by atoms with Gasteiger partial charge in [-0.3, -0.25) is 18.7 Å². The molecule has 0 aliphatic carbocycles. The van der Waals surface area contributed by atoms with Crippen LogP contribution in [-0.4, -0.2) is 38.0 Å². The molecule has 0 unspecified atom stereocenters. The summed E-state index contributed by atoms with van der Waals surface area (Å²) in [6, 6.07) is 0. The molecule has 1 aliphatic heterocycles. The largest absolute Gasteiger partial charge is 0.342 e. The first kappa shape index (κ1) is 20.3. The number of hydrogen-bond acceptors (Lipinski definition) is 4. The number of pyridine rings is 1. The molecule has 1 aliphatic rings. The van der Waals surface area contributed by atoms with Crippen molar-refractivity contribution in [3.05, 3.63) is 37.7 Å². The molecule has 28 heavy (non-hydrogen) atoms. The number of aryl methyl sites for hydroxylation is 3. The van der Waals surface area contributed by atoms with Gasteiger partial charge in [0.15, 0.2) is 0 Å². The van der Waals surface area contributed by atoms with Crippen molar-refractivity contribution in [2.45, 2.75) is 47.0 Å². The van der Waals surface area contributed by atoms with Gasteiger partial charge < -0.3 is 4.90 Å². The van der Waals surface area contributed by atoms with Gasteiger partial charge in [-0.1, -0.05) is 13.8 Å². The van der Waals surface area contributed by atoms with Gasteiger partial charge in [-0.2, -0.15) is 0 Å². The van der Waals surface area contributed by atoms with Gasteiger partial charge in [0.05, 0.1) is 5.39 Å². The van der Waals surface area contributed by atoms with Gasteiger partial charge in [0.25, 0.3) is 5.56 Å². The average Bonchev–Trinajstić information content (AvgIpc) is 2.63. The predicted octanol–water partition coefficient (Wildman–Crippen LogP) is 1.69. The Labute approximate surface area is 165 Å². The van der Waals surface area contributed by atoms with E-state index in [2.05, 4.69) is 18.8 Å². The molecule has 7 nitrogen and oxygen atoms in total. The van der Waals surface area contributed by atoms with Gasteiger partial charge in [0.1, 0.15) is 5.65 Å². The topological polar surface area (TPSA) is 77.2 Å². The number of likely N-dealkylation sites (tertiary alicyclic amines) is 1. The molecule has 152 valence electrons. The van der Waals surface area contributed by atoms with E-state index in [4.69, 9.17) is 0 Å². The molecule has 2 aromatic rings. The van der Waals surface area contributed by atoms with E-state index in [-0.39, 0.29) is 17.2 Å². The Morgan fingerprint density at radius 3 is 2.29 bits per heavy atom. The monoisotopic (exact) mass is 386 g/mol. The lowest BCUT2D eigenvalue weighted by atomic mass is 9.91. The Morgan fingerprint density at radius 1 is 1.07 bits per heavy atom. The van der Waals surface area contributed by atoms with Gasteiger partial charge >= 0.3 is 5.69 Å². The number of nitrogens with zero attached hydrogens (tertiary/aromatic N) is 4. The highest BCUT2D eigenvalue weighted by molar-refractivity contribution is 5.81. The highest BCUT2D eigenvalue weighted by Crippen LogP contribution is 2.24. The van der Waals surface area contributed by atoms with Crippen LogP contribution in [0, 0.1) is 25.7 Å². The van der Waals surface area contributed by atoms with E-state index in [1.165, 1.54) is 18.0 Å². The van der Waals surface area contributed by atoms with Crippen molar-refractivity contribution in [2.75, 3.05) is 13.1 Å². The van der Waals surface area contributed by atoms with Crippen LogP contribution in [0.5, 0.6) is 0 Å². The fourth-order valence-electron chi connectivity index (χ4n) is 4.57. The Balaban J connectivity index is 1.93. The number of carbonyl (C=O) groups is 1. The van der Waals surface area contributed by atoms with Crippen LogP contribution < -0.4 is 11.2 Å². The summed E-state index contributed by atoms with van der Waals surface area (Å²) in [6.07, 6.45) is 2.11. The molecule has 0 spiro atoms. The van der Waals surface area contributed by atoms with E-state index >= 15 is 0 Å². The molecule has 3 rings (SSSR count). The van der Waals surface area contributed by atoms with Crippen LogP contribution in [-0.2, 0) is 25.3 Å². The molecular weight excluding hydrogens is 356 g/mol. The molecule has 2 atom stereocenters. The zero-order chi connectivity index (χ0) is 20.7. The molecule has 1 saturated heterocycles. The molecular formula is C21H30N4O3. The number of amides is 1. The third-order valence-corrected chi connectivity index (χ3v) is 5.98. The quantitative estimate of drug-likeness (QED) is 0.804. The van der Waals surface area contributed by atoms with Gasteiger partial charge in [0, 0.05) is 39.3 Å². The van der Waals surface area contributed by atoms with Crippen LogP contribution in [0.3, 0.4) is 0 Å². The third kappa shape index (κ3) is 3.50. The lowest BCUT2D eigenvalue weighted by Crippen LogP contribution is -2.42. The Kier molecular flexibility index (Phi) is 5.46. The van der Waals surface area contributed by atoms with Crippen molar-refractivity contribution in [2.24, 2.45) is 25.9 Å². The number of rotatable bonds is 3. The second kappa shape index (κ2) is 7.53. The summed E-state index contributed by atoms with van der Waals surface area (Å²) in [4.78, 5) is 44.1. The maximum atomic E-state index is 12.8. The van der Waals surface area contributed by atoms with Gasteiger partial charge in [-0.15, -0.1) is 0 Å². The number of aromatic nitrogens is 3. The zero-order valence-electron chi connectivity index (χ0n) is 17.7. The summed E-state index contributed by atoms with van der Waals surface area (Å²) in [6.45, 7) is 9.78. The Hall–Kier alpha value is -2.44. The van der Waals surface area contributed by atoms with E-state index in [1.807, 2.05) is 18.7 Å². The van der Waals surface area contributed by atoms with Crippen LogP contribution in [0.15, 0.2) is 9.59 Å². The number of piperidine rings is 1. The Morgan fingerprint density at radius 2 is 1.68 bits per heavy atom. The number of carbonyl (C=O) groups excluding carboxylic acids is 1. The first-order valence-electron chi connectivity index (χ1n) is 9.95. The number of fused-ring (bicyclic) bond motifs is 1. The molecule has 0 bridgehead atoms. The lowest BCUT2D eigenvalue weighted by Gasteiger charge is -2.35. The molecule has 0 saturated carbocycles. The van der Waals surface area contributed by atoms with Crippen LogP contribution in [0.4, 0.5) is 0 Å². The molecule has 2 aromatic heterocycles. The summed E-state index contributed by atoms with van der Waals surface area (Å²) in [5.74, 6) is 1.22. The minimum absolute atomic E-state index is 0.158. The second-order valence-corrected chi connectivity index (χ2v) is 8.45. The fraction of sp³-hybridized carbons (Fsp3) is 0.619. The van der Waals surface area contributed by atoms with E-state index in [9.17, 15) is 14.4 Å². The lowest BCUT2D eigenvalue weighted by molar-refractivity contribution is -0.133. The zero-order valence-corrected chi connectivity index (χ0v) is 17.7. The van der Waals surface area contributed by atoms with E-state index in [0.717, 1.165) is 34.5 Å². The summed E-state index contributed by atoms with van der Waals surface area (Å²) >= 11 is 0. The minimum atomic E-state index is -0.389. The highest BCUT2D eigenvalue weighted by atomic mass is 16.2. The maximum Gasteiger partial charge on any atom is 0.332 e. The van der Waals surface area contributed by atoms with Crippen LogP contribution in [0.1, 0.15) is 43.5 Å². The fourth-order valence-corrected chi connectivity index (χ4v) is 4.57. The molecule has 0 radical (unpaired) electrons. The molecule has 0 N–H and O–H groups in total. The van der Waals surface area contributed by atoms with E-state index < -0.39 is 0 Å². The second-order valence-electron chi connectivity index (χ2n) is 8.45. The molecule has 7 heteroatoms. The first-order chi connectivity index (χ1) is 13.1. The molecule has 3 heterocycles. The van der Waals surface area contributed by atoms with Crippen LogP contribution in [0.2, 0.25) is 0 Å². The van der Waals surface area contributed by atoms with Crippen LogP contribution in [0.25, 0.3) is 11.0 Å². The summed E-state index contributed by atoms with van der Waals surface area (Å²) in [5.41, 5.74) is 2.18. The maximum absolute atomic E-state index is 12.8. The average molecular weight is 386 g/mol. The predicted molar refractivity (Wildman–Crippen MR) is 110 cm³/mol. The molecule has 1 fully saturated rings. The van der Waals surface area contributed by atoms with Gasteiger partial charge in [-0.25, -0.2) is 9.78 Å². The van der Waals surface area contributed by atoms with Crippen molar-refractivity contribution in [1.82, 2.24) is 19.0 Å². The SMILES string of the molecule is Cc1nc2c(c(C)c1CCC(=O)N1C[C@@H](C)C[C@H](C)C1)c(=O)n(C)c(=O)n2C. The number of hydrogen-bond donors (Lipinski definition) is 0. The van der Waals surface area contributed by atoms with Crippen molar-refractivity contribution < 1.29 is 4.79 Å². The van der Waals surface area contributed by atoms with Crippen molar-refractivity contribution in [3.63, 3.8) is 0 Å². The summed E-state index contributed by atoms with van der Waals surface area (Å²) in [7, 11) is 3.10. The van der Waals surface area contributed by atoms with Crippen molar-refractivity contribution >= 4 is 16.9 Å². The summed E-state index contributed by atoms with van der Waals surface area (Å²) in [5, 5.41) is 0.456. The van der Waals surface area contributed by atoms with Crippen molar-refractivity contribution in [1.29, 1.82) is 0 Å².